The first-order chi connectivity index (χ1) is 8.65. The minimum absolute atomic E-state index is 0.0657. The van der Waals surface area contributed by atoms with Crippen LogP contribution in [0.25, 0.3) is 0 Å². The van der Waals surface area contributed by atoms with Crippen molar-refractivity contribution >= 4 is 0 Å². The first kappa shape index (κ1) is 14.4. The van der Waals surface area contributed by atoms with E-state index >= 15 is 0 Å². The van der Waals surface area contributed by atoms with Gasteiger partial charge in [-0.05, 0) is 31.5 Å². The first-order valence-corrected chi connectivity index (χ1v) is 6.10. The highest BCUT2D eigenvalue weighted by Crippen LogP contribution is 2.29. The van der Waals surface area contributed by atoms with Crippen molar-refractivity contribution in [2.24, 2.45) is 0 Å². The second kappa shape index (κ2) is 6.93. The largest absolute Gasteiger partial charge is 0.497 e. The van der Waals surface area contributed by atoms with Gasteiger partial charge in [0, 0.05) is 11.6 Å². The van der Waals surface area contributed by atoms with E-state index in [1.54, 1.807) is 14.2 Å². The van der Waals surface area contributed by atoms with Crippen LogP contribution in [-0.4, -0.2) is 20.3 Å². The van der Waals surface area contributed by atoms with E-state index in [2.05, 4.69) is 25.1 Å². The molecule has 0 amide bonds. The minimum Gasteiger partial charge on any atom is -0.497 e. The summed E-state index contributed by atoms with van der Waals surface area (Å²) in [6.07, 6.45) is 6.36. The Morgan fingerprint density at radius 3 is 2.56 bits per heavy atom. The van der Waals surface area contributed by atoms with Gasteiger partial charge in [0.15, 0.2) is 0 Å². The fraction of sp³-hybridized carbons (Fsp3) is 0.467. The quantitative estimate of drug-likeness (QED) is 0.784. The van der Waals surface area contributed by atoms with Gasteiger partial charge < -0.3 is 9.47 Å². The van der Waals surface area contributed by atoms with Crippen LogP contribution in [0.2, 0.25) is 0 Å². The van der Waals surface area contributed by atoms with Gasteiger partial charge in [-0.15, -0.1) is 6.42 Å². The average Bonchev–Trinajstić information content (AvgIpc) is 2.43. The van der Waals surface area contributed by atoms with Gasteiger partial charge in [-0.2, -0.15) is 0 Å². The first-order valence-electron chi connectivity index (χ1n) is 6.10. The molecule has 2 unspecified atom stereocenters. The number of hydrogen-bond acceptors (Lipinski definition) is 3. The maximum absolute atomic E-state index is 5.47. The third-order valence-corrected chi connectivity index (χ3v) is 2.96. The fourth-order valence-electron chi connectivity index (χ4n) is 1.85. The molecule has 0 heterocycles. The van der Waals surface area contributed by atoms with Crippen LogP contribution in [0.1, 0.15) is 31.9 Å². The highest BCUT2D eigenvalue weighted by Gasteiger charge is 2.15. The number of rotatable bonds is 6. The monoisotopic (exact) mass is 247 g/mol. The molecule has 0 radical (unpaired) electrons. The second-order valence-corrected chi connectivity index (χ2v) is 4.12. The predicted octanol–water partition coefficient (Wildman–Crippen LogP) is 2.77. The maximum atomic E-state index is 5.47. The van der Waals surface area contributed by atoms with E-state index in [9.17, 15) is 0 Å². The fourth-order valence-corrected chi connectivity index (χ4v) is 1.85. The Kier molecular flexibility index (Phi) is 5.54. The molecule has 18 heavy (non-hydrogen) atoms. The Balaban J connectivity index is 2.95. The van der Waals surface area contributed by atoms with Gasteiger partial charge in [-0.3, -0.25) is 5.32 Å². The van der Waals surface area contributed by atoms with Gasteiger partial charge in [-0.1, -0.05) is 12.8 Å². The lowest BCUT2D eigenvalue weighted by Crippen LogP contribution is -2.29. The smallest absolute Gasteiger partial charge is 0.123 e. The van der Waals surface area contributed by atoms with Crippen LogP contribution in [0.3, 0.4) is 0 Å². The van der Waals surface area contributed by atoms with Gasteiger partial charge in [0.25, 0.3) is 0 Å². The van der Waals surface area contributed by atoms with Crippen LogP contribution in [-0.2, 0) is 0 Å². The molecule has 0 saturated carbocycles. The van der Waals surface area contributed by atoms with Crippen LogP contribution in [0.15, 0.2) is 18.2 Å². The Morgan fingerprint density at radius 2 is 2.06 bits per heavy atom. The van der Waals surface area contributed by atoms with Gasteiger partial charge in [0.2, 0.25) is 0 Å². The summed E-state index contributed by atoms with van der Waals surface area (Å²) in [4.78, 5) is 0. The highest BCUT2D eigenvalue weighted by molar-refractivity contribution is 5.42. The number of benzene rings is 1. The van der Waals surface area contributed by atoms with Gasteiger partial charge in [-0.25, -0.2) is 0 Å². The topological polar surface area (TPSA) is 30.5 Å². The molecule has 0 fully saturated rings. The molecule has 0 aliphatic rings. The van der Waals surface area contributed by atoms with Crippen molar-refractivity contribution in [1.82, 2.24) is 5.32 Å². The van der Waals surface area contributed by atoms with Gasteiger partial charge in [0.1, 0.15) is 11.5 Å². The lowest BCUT2D eigenvalue weighted by atomic mass is 10.0. The van der Waals surface area contributed by atoms with Crippen molar-refractivity contribution in [3.05, 3.63) is 23.8 Å². The zero-order valence-electron chi connectivity index (χ0n) is 11.5. The summed E-state index contributed by atoms with van der Waals surface area (Å²) in [6.45, 7) is 4.13. The molecule has 1 aromatic carbocycles. The molecule has 3 heteroatoms. The molecule has 0 aromatic heterocycles. The molecule has 0 aliphatic heterocycles. The van der Waals surface area contributed by atoms with E-state index in [4.69, 9.17) is 15.9 Å². The highest BCUT2D eigenvalue weighted by atomic mass is 16.5. The van der Waals surface area contributed by atoms with Crippen molar-refractivity contribution in [3.8, 4) is 23.8 Å². The van der Waals surface area contributed by atoms with Crippen LogP contribution in [0.4, 0.5) is 0 Å². The summed E-state index contributed by atoms with van der Waals surface area (Å²) < 4.78 is 10.6. The van der Waals surface area contributed by atoms with Gasteiger partial charge in [0.05, 0.1) is 20.3 Å². The van der Waals surface area contributed by atoms with Crippen LogP contribution >= 0.6 is 0 Å². The third kappa shape index (κ3) is 3.41. The van der Waals surface area contributed by atoms with Crippen molar-refractivity contribution in [2.45, 2.75) is 32.4 Å². The lowest BCUT2D eigenvalue weighted by Gasteiger charge is -2.21. The molecule has 0 aliphatic carbocycles. The van der Waals surface area contributed by atoms with E-state index in [1.807, 2.05) is 18.2 Å². The second-order valence-electron chi connectivity index (χ2n) is 4.12. The van der Waals surface area contributed by atoms with Gasteiger partial charge >= 0.3 is 0 Å². The zero-order chi connectivity index (χ0) is 13.5. The summed E-state index contributed by atoms with van der Waals surface area (Å²) in [5.74, 6) is 4.38. The Labute approximate surface area is 109 Å². The molecule has 0 bridgehead atoms. The standard InChI is InChI=1S/C15H21NO2/c1-6-12(7-2)16-11(3)14-10-13(17-4)8-9-15(14)18-5/h1,8-12,16H,7H2,2-5H3. The van der Waals surface area contributed by atoms with E-state index in [-0.39, 0.29) is 12.1 Å². The Bertz CT molecular complexity index is 423. The number of nitrogens with one attached hydrogen (secondary N) is 1. The molecule has 1 N–H and O–H groups in total. The van der Waals surface area contributed by atoms with Crippen molar-refractivity contribution in [3.63, 3.8) is 0 Å². The van der Waals surface area contributed by atoms with E-state index in [1.165, 1.54) is 0 Å². The van der Waals surface area contributed by atoms with Crippen molar-refractivity contribution < 1.29 is 9.47 Å². The molecular weight excluding hydrogens is 226 g/mol. The van der Waals surface area contributed by atoms with Crippen LogP contribution in [0.5, 0.6) is 11.5 Å². The van der Waals surface area contributed by atoms with Crippen LogP contribution in [0, 0.1) is 12.3 Å². The third-order valence-electron chi connectivity index (χ3n) is 2.96. The maximum Gasteiger partial charge on any atom is 0.123 e. The Hall–Kier alpha value is -1.66. The number of ether oxygens (including phenoxy) is 2. The number of hydrogen-bond donors (Lipinski definition) is 1. The predicted molar refractivity (Wildman–Crippen MR) is 74.0 cm³/mol. The molecule has 98 valence electrons. The molecule has 0 saturated heterocycles. The number of methoxy groups -OCH3 is 2. The lowest BCUT2D eigenvalue weighted by molar-refractivity contribution is 0.389. The zero-order valence-corrected chi connectivity index (χ0v) is 11.5. The summed E-state index contributed by atoms with van der Waals surface area (Å²) >= 11 is 0. The molecule has 1 rings (SSSR count). The van der Waals surface area contributed by atoms with Crippen molar-refractivity contribution in [1.29, 1.82) is 0 Å². The summed E-state index contributed by atoms with van der Waals surface area (Å²) in [6, 6.07) is 5.93. The van der Waals surface area contributed by atoms with Crippen LogP contribution < -0.4 is 14.8 Å². The molecular formula is C15H21NO2. The summed E-state index contributed by atoms with van der Waals surface area (Å²) in [5, 5.41) is 3.39. The number of terminal acetylenes is 1. The SMILES string of the molecule is C#CC(CC)NC(C)c1cc(OC)ccc1OC. The summed E-state index contributed by atoms with van der Waals surface area (Å²) in [7, 11) is 3.32. The van der Waals surface area contributed by atoms with E-state index < -0.39 is 0 Å². The van der Waals surface area contributed by atoms with E-state index in [0.717, 1.165) is 23.5 Å². The molecule has 2 atom stereocenters. The molecule has 3 nitrogen and oxygen atoms in total. The average molecular weight is 247 g/mol. The van der Waals surface area contributed by atoms with E-state index in [0.29, 0.717) is 0 Å². The normalized spacial score (nSPS) is 13.5. The van der Waals surface area contributed by atoms with Crippen molar-refractivity contribution in [2.75, 3.05) is 14.2 Å². The molecule has 0 spiro atoms. The summed E-state index contributed by atoms with van der Waals surface area (Å²) in [5.41, 5.74) is 1.05. The minimum atomic E-state index is 0.0657. The Morgan fingerprint density at radius 1 is 1.33 bits per heavy atom. The molecule has 1 aromatic rings.